The summed E-state index contributed by atoms with van der Waals surface area (Å²) in [5.74, 6) is 2.07. The van der Waals surface area contributed by atoms with Crippen molar-refractivity contribution in [2.75, 3.05) is 0 Å². The van der Waals surface area contributed by atoms with E-state index >= 15 is 0 Å². The summed E-state index contributed by atoms with van der Waals surface area (Å²) in [5.41, 5.74) is 6.01. The molecule has 16 heavy (non-hydrogen) atoms. The average Bonchev–Trinajstić information content (AvgIpc) is 2.43. The molecule has 0 atom stereocenters. The third-order valence-electron chi connectivity index (χ3n) is 4.88. The predicted molar refractivity (Wildman–Crippen MR) is 70.4 cm³/mol. The van der Waals surface area contributed by atoms with Gasteiger partial charge in [-0.2, -0.15) is 0 Å². The van der Waals surface area contributed by atoms with E-state index in [-0.39, 0.29) is 0 Å². The fraction of sp³-hybridized carbons (Fsp3) is 1.00. The fourth-order valence-electron chi connectivity index (χ4n) is 3.75. The SMILES string of the molecule is NC1CCC(C2CCCCCCCC2)CC1. The summed E-state index contributed by atoms with van der Waals surface area (Å²) in [6, 6.07) is 0.521. The lowest BCUT2D eigenvalue weighted by molar-refractivity contribution is 0.207. The summed E-state index contributed by atoms with van der Waals surface area (Å²) >= 11 is 0. The van der Waals surface area contributed by atoms with Crippen LogP contribution in [0.3, 0.4) is 0 Å². The average molecular weight is 223 g/mol. The van der Waals surface area contributed by atoms with Crippen LogP contribution in [0.5, 0.6) is 0 Å². The molecule has 0 heterocycles. The Balaban J connectivity index is 1.80. The molecule has 0 spiro atoms. The lowest BCUT2D eigenvalue weighted by Crippen LogP contribution is -2.29. The molecule has 2 rings (SSSR count). The van der Waals surface area contributed by atoms with Gasteiger partial charge in [0.2, 0.25) is 0 Å². The van der Waals surface area contributed by atoms with Gasteiger partial charge in [0.1, 0.15) is 0 Å². The highest BCUT2D eigenvalue weighted by atomic mass is 14.6. The van der Waals surface area contributed by atoms with E-state index in [9.17, 15) is 0 Å². The van der Waals surface area contributed by atoms with E-state index in [4.69, 9.17) is 5.73 Å². The van der Waals surface area contributed by atoms with E-state index in [1.54, 1.807) is 0 Å². The van der Waals surface area contributed by atoms with Gasteiger partial charge in [0.05, 0.1) is 0 Å². The van der Waals surface area contributed by atoms with Gasteiger partial charge in [-0.05, 0) is 37.5 Å². The van der Waals surface area contributed by atoms with Crippen molar-refractivity contribution in [1.29, 1.82) is 0 Å². The van der Waals surface area contributed by atoms with Crippen molar-refractivity contribution >= 4 is 0 Å². The summed E-state index contributed by atoms with van der Waals surface area (Å²) in [6.45, 7) is 0. The molecule has 0 amide bonds. The molecule has 1 heteroatoms. The maximum absolute atomic E-state index is 6.01. The zero-order chi connectivity index (χ0) is 11.2. The molecule has 2 fully saturated rings. The maximum atomic E-state index is 6.01. The molecular formula is C15H29N. The van der Waals surface area contributed by atoms with Gasteiger partial charge in [0.15, 0.2) is 0 Å². The number of rotatable bonds is 1. The minimum atomic E-state index is 0.521. The second-order valence-electron chi connectivity index (χ2n) is 6.13. The van der Waals surface area contributed by atoms with Crippen molar-refractivity contribution in [3.63, 3.8) is 0 Å². The molecule has 0 radical (unpaired) electrons. The Morgan fingerprint density at radius 3 is 1.50 bits per heavy atom. The lowest BCUT2D eigenvalue weighted by atomic mass is 9.75. The van der Waals surface area contributed by atoms with Crippen LogP contribution in [-0.2, 0) is 0 Å². The van der Waals surface area contributed by atoms with Crippen molar-refractivity contribution in [3.8, 4) is 0 Å². The molecule has 0 aromatic carbocycles. The third-order valence-corrected chi connectivity index (χ3v) is 4.88. The second kappa shape index (κ2) is 6.64. The third kappa shape index (κ3) is 3.76. The van der Waals surface area contributed by atoms with Crippen molar-refractivity contribution in [3.05, 3.63) is 0 Å². The van der Waals surface area contributed by atoms with Crippen LogP contribution in [0, 0.1) is 11.8 Å². The van der Waals surface area contributed by atoms with Crippen LogP contribution in [0.2, 0.25) is 0 Å². The van der Waals surface area contributed by atoms with E-state index < -0.39 is 0 Å². The number of hydrogen-bond acceptors (Lipinski definition) is 1. The first kappa shape index (κ1) is 12.4. The molecule has 2 saturated carbocycles. The van der Waals surface area contributed by atoms with Crippen molar-refractivity contribution in [2.45, 2.75) is 83.1 Å². The van der Waals surface area contributed by atoms with Gasteiger partial charge in [0.25, 0.3) is 0 Å². The van der Waals surface area contributed by atoms with Crippen LogP contribution >= 0.6 is 0 Å². The molecule has 0 aliphatic heterocycles. The monoisotopic (exact) mass is 223 g/mol. The van der Waals surface area contributed by atoms with Gasteiger partial charge in [-0.1, -0.05) is 51.4 Å². The highest BCUT2D eigenvalue weighted by molar-refractivity contribution is 4.79. The van der Waals surface area contributed by atoms with Crippen LogP contribution < -0.4 is 5.73 Å². The van der Waals surface area contributed by atoms with Crippen LogP contribution in [0.1, 0.15) is 77.0 Å². The molecular weight excluding hydrogens is 194 g/mol. The minimum Gasteiger partial charge on any atom is -0.328 e. The van der Waals surface area contributed by atoms with E-state index in [2.05, 4.69) is 0 Å². The number of nitrogens with two attached hydrogens (primary N) is 1. The standard InChI is InChI=1S/C15H29N/c16-15-11-9-14(10-12-15)13-7-5-3-1-2-4-6-8-13/h13-15H,1-12,16H2. The topological polar surface area (TPSA) is 26.0 Å². The zero-order valence-corrected chi connectivity index (χ0v) is 10.8. The normalized spacial score (nSPS) is 35.1. The molecule has 2 aliphatic carbocycles. The van der Waals surface area contributed by atoms with Gasteiger partial charge in [0, 0.05) is 6.04 Å². The summed E-state index contributed by atoms with van der Waals surface area (Å²) < 4.78 is 0. The molecule has 0 bridgehead atoms. The van der Waals surface area contributed by atoms with E-state index in [0.717, 1.165) is 11.8 Å². The molecule has 0 aromatic rings. The quantitative estimate of drug-likeness (QED) is 0.706. The Morgan fingerprint density at radius 1 is 0.500 bits per heavy atom. The molecule has 2 aliphatic rings. The number of hydrogen-bond donors (Lipinski definition) is 1. The molecule has 94 valence electrons. The highest BCUT2D eigenvalue weighted by Crippen LogP contribution is 2.36. The van der Waals surface area contributed by atoms with Crippen LogP contribution in [0.15, 0.2) is 0 Å². The zero-order valence-electron chi connectivity index (χ0n) is 10.8. The van der Waals surface area contributed by atoms with Crippen molar-refractivity contribution in [2.24, 2.45) is 17.6 Å². The van der Waals surface area contributed by atoms with Gasteiger partial charge in [-0.25, -0.2) is 0 Å². The first-order valence-electron chi connectivity index (χ1n) is 7.62. The van der Waals surface area contributed by atoms with Crippen molar-refractivity contribution < 1.29 is 0 Å². The molecule has 1 nitrogen and oxygen atoms in total. The summed E-state index contributed by atoms with van der Waals surface area (Å²) in [4.78, 5) is 0. The van der Waals surface area contributed by atoms with Crippen LogP contribution in [0.4, 0.5) is 0 Å². The maximum Gasteiger partial charge on any atom is 0.00390 e. The van der Waals surface area contributed by atoms with Gasteiger partial charge >= 0.3 is 0 Å². The first-order valence-corrected chi connectivity index (χ1v) is 7.62. The van der Waals surface area contributed by atoms with Gasteiger partial charge in [-0.3, -0.25) is 0 Å². The Hall–Kier alpha value is -0.0400. The Bertz CT molecular complexity index is 172. The molecule has 0 saturated heterocycles. The van der Waals surface area contributed by atoms with Gasteiger partial charge in [-0.15, -0.1) is 0 Å². The van der Waals surface area contributed by atoms with E-state index in [1.807, 2.05) is 0 Å². The summed E-state index contributed by atoms with van der Waals surface area (Å²) in [6.07, 6.45) is 17.4. The highest BCUT2D eigenvalue weighted by Gasteiger charge is 2.25. The first-order chi connectivity index (χ1) is 7.86. The molecule has 0 unspecified atom stereocenters. The minimum absolute atomic E-state index is 0.521. The predicted octanol–water partition coefficient (Wildman–Crippen LogP) is 4.25. The lowest BCUT2D eigenvalue weighted by Gasteiger charge is -2.32. The van der Waals surface area contributed by atoms with Crippen LogP contribution in [-0.4, -0.2) is 6.04 Å². The largest absolute Gasteiger partial charge is 0.328 e. The van der Waals surface area contributed by atoms with E-state index in [1.165, 1.54) is 77.0 Å². The molecule has 0 aromatic heterocycles. The van der Waals surface area contributed by atoms with Gasteiger partial charge < -0.3 is 5.73 Å². The second-order valence-corrected chi connectivity index (χ2v) is 6.13. The summed E-state index contributed by atoms with van der Waals surface area (Å²) in [5, 5.41) is 0. The molecule has 2 N–H and O–H groups in total. The Morgan fingerprint density at radius 2 is 0.938 bits per heavy atom. The van der Waals surface area contributed by atoms with E-state index in [0.29, 0.717) is 6.04 Å². The Labute approximate surface area is 101 Å². The fourth-order valence-corrected chi connectivity index (χ4v) is 3.75. The smallest absolute Gasteiger partial charge is 0.00390 e. The summed E-state index contributed by atoms with van der Waals surface area (Å²) in [7, 11) is 0. The van der Waals surface area contributed by atoms with Crippen molar-refractivity contribution in [1.82, 2.24) is 0 Å². The van der Waals surface area contributed by atoms with Crippen LogP contribution in [0.25, 0.3) is 0 Å². The Kier molecular flexibility index (Phi) is 5.15.